The molecule has 0 amide bonds. The van der Waals surface area contributed by atoms with Crippen molar-refractivity contribution < 1.29 is 4.74 Å². The number of hydrogen-bond donors (Lipinski definition) is 0. The normalized spacial score (nSPS) is 14.4. The first-order chi connectivity index (χ1) is 10.3. The van der Waals surface area contributed by atoms with Crippen LogP contribution in [0.5, 0.6) is 5.75 Å². The van der Waals surface area contributed by atoms with Gasteiger partial charge in [0.15, 0.2) is 0 Å². The summed E-state index contributed by atoms with van der Waals surface area (Å²) < 4.78 is 6.93. The van der Waals surface area contributed by atoms with E-state index >= 15 is 0 Å². The third kappa shape index (κ3) is 3.79. The molecule has 0 unspecified atom stereocenters. The van der Waals surface area contributed by atoms with Crippen molar-refractivity contribution in [3.8, 4) is 5.75 Å². The lowest BCUT2D eigenvalue weighted by atomic mass is 10.1. The van der Waals surface area contributed by atoms with E-state index in [4.69, 9.17) is 4.74 Å². The summed E-state index contributed by atoms with van der Waals surface area (Å²) >= 11 is 3.47. The average molecular weight is 346 g/mol. The van der Waals surface area contributed by atoms with E-state index in [1.807, 2.05) is 24.3 Å². The molecule has 0 saturated heterocycles. The Balaban J connectivity index is 1.62. The molecule has 2 aromatic rings. The maximum atomic E-state index is 5.87. The maximum Gasteiger partial charge on any atom is 0.120 e. The second kappa shape index (κ2) is 6.99. The van der Waals surface area contributed by atoms with Gasteiger partial charge in [0.25, 0.3) is 0 Å². The van der Waals surface area contributed by atoms with Gasteiger partial charge in [-0.2, -0.15) is 0 Å². The van der Waals surface area contributed by atoms with E-state index in [1.54, 1.807) is 0 Å². The fourth-order valence-corrected chi connectivity index (χ4v) is 3.21. The molecule has 0 N–H and O–H groups in total. The van der Waals surface area contributed by atoms with Crippen molar-refractivity contribution >= 4 is 21.6 Å². The number of anilines is 1. The van der Waals surface area contributed by atoms with Gasteiger partial charge in [-0.1, -0.05) is 40.2 Å². The molecule has 0 radical (unpaired) electrons. The summed E-state index contributed by atoms with van der Waals surface area (Å²) in [7, 11) is 0. The van der Waals surface area contributed by atoms with E-state index in [0.717, 1.165) is 23.3 Å². The number of halogens is 1. The topological polar surface area (TPSA) is 12.5 Å². The number of benzene rings is 2. The summed E-state index contributed by atoms with van der Waals surface area (Å²) in [5, 5.41) is 0. The number of nitrogens with zero attached hydrogens (tertiary/aromatic N) is 1. The van der Waals surface area contributed by atoms with E-state index < -0.39 is 0 Å². The zero-order valence-electron chi connectivity index (χ0n) is 12.1. The Bertz CT molecular complexity index is 599. The summed E-state index contributed by atoms with van der Waals surface area (Å²) in [6.45, 7) is 2.77. The van der Waals surface area contributed by atoms with Crippen LogP contribution < -0.4 is 9.64 Å². The van der Waals surface area contributed by atoms with Gasteiger partial charge in [-0.3, -0.25) is 0 Å². The van der Waals surface area contributed by atoms with E-state index in [9.17, 15) is 0 Å². The Hall–Kier alpha value is -1.48. The number of para-hydroxylation sites is 1. The summed E-state index contributed by atoms with van der Waals surface area (Å²) in [5.74, 6) is 0.924. The molecular weight excluding hydrogens is 326 g/mol. The lowest BCUT2D eigenvalue weighted by Gasteiger charge is -2.25. The van der Waals surface area contributed by atoms with Gasteiger partial charge in [0.05, 0.1) is 6.54 Å². The Labute approximate surface area is 134 Å². The molecular formula is C18H20BrNO. The predicted molar refractivity (Wildman–Crippen MR) is 91.2 cm³/mol. The Morgan fingerprint density at radius 1 is 1.05 bits per heavy atom. The Morgan fingerprint density at radius 2 is 1.95 bits per heavy atom. The Morgan fingerprint density at radius 3 is 2.86 bits per heavy atom. The van der Waals surface area contributed by atoms with Gasteiger partial charge in [-0.25, -0.2) is 0 Å². The summed E-state index contributed by atoms with van der Waals surface area (Å²) in [5.41, 5.74) is 2.85. The molecule has 21 heavy (non-hydrogen) atoms. The van der Waals surface area contributed by atoms with Gasteiger partial charge >= 0.3 is 0 Å². The van der Waals surface area contributed by atoms with Crippen LogP contribution in [0.25, 0.3) is 0 Å². The highest BCUT2D eigenvalue weighted by Crippen LogP contribution is 2.26. The van der Waals surface area contributed by atoms with E-state index in [-0.39, 0.29) is 0 Å². The first-order valence-electron chi connectivity index (χ1n) is 7.54. The lowest BCUT2D eigenvalue weighted by Crippen LogP contribution is -2.29. The minimum absolute atomic E-state index is 0.713. The van der Waals surface area contributed by atoms with Crippen molar-refractivity contribution in [1.82, 2.24) is 0 Å². The third-order valence-electron chi connectivity index (χ3n) is 3.88. The third-order valence-corrected chi connectivity index (χ3v) is 4.38. The molecule has 1 heterocycles. The van der Waals surface area contributed by atoms with Crippen LogP contribution in [0, 0.1) is 0 Å². The van der Waals surface area contributed by atoms with Crippen LogP contribution in [-0.4, -0.2) is 19.7 Å². The first-order valence-corrected chi connectivity index (χ1v) is 8.33. The molecule has 0 fully saturated rings. The van der Waals surface area contributed by atoms with Crippen LogP contribution in [0.4, 0.5) is 5.69 Å². The molecule has 3 heteroatoms. The number of hydrogen-bond acceptors (Lipinski definition) is 2. The van der Waals surface area contributed by atoms with Gasteiger partial charge in [0.2, 0.25) is 0 Å². The predicted octanol–water partition coefficient (Wildman–Crippen LogP) is 4.67. The van der Waals surface area contributed by atoms with Crippen LogP contribution in [0.2, 0.25) is 0 Å². The molecule has 2 nitrogen and oxygen atoms in total. The number of fused-ring (bicyclic) bond motifs is 1. The van der Waals surface area contributed by atoms with Crippen molar-refractivity contribution in [2.75, 3.05) is 24.6 Å². The van der Waals surface area contributed by atoms with E-state index in [1.165, 1.54) is 30.5 Å². The lowest BCUT2D eigenvalue weighted by molar-refractivity contribution is 0.323. The molecule has 0 aliphatic carbocycles. The van der Waals surface area contributed by atoms with Crippen LogP contribution in [0.15, 0.2) is 53.0 Å². The minimum atomic E-state index is 0.713. The highest BCUT2D eigenvalue weighted by molar-refractivity contribution is 9.10. The largest absolute Gasteiger partial charge is 0.492 e. The van der Waals surface area contributed by atoms with Gasteiger partial charge in [0, 0.05) is 16.7 Å². The monoisotopic (exact) mass is 345 g/mol. The minimum Gasteiger partial charge on any atom is -0.492 e. The molecule has 0 aromatic heterocycles. The first kappa shape index (κ1) is 14.5. The van der Waals surface area contributed by atoms with Crippen LogP contribution in [-0.2, 0) is 6.42 Å². The fraction of sp³-hybridized carbons (Fsp3) is 0.333. The fourth-order valence-electron chi connectivity index (χ4n) is 2.83. The molecule has 1 aliphatic rings. The van der Waals surface area contributed by atoms with E-state index in [2.05, 4.69) is 45.1 Å². The molecule has 0 bridgehead atoms. The van der Waals surface area contributed by atoms with Gasteiger partial charge in [0.1, 0.15) is 12.4 Å². The van der Waals surface area contributed by atoms with Crippen molar-refractivity contribution in [3.63, 3.8) is 0 Å². The molecule has 2 aromatic carbocycles. The summed E-state index contributed by atoms with van der Waals surface area (Å²) in [6.07, 6.45) is 3.73. The second-order valence-electron chi connectivity index (χ2n) is 5.38. The number of aryl methyl sites for hydroxylation is 1. The molecule has 0 atom stereocenters. The quantitative estimate of drug-likeness (QED) is 0.798. The Kier molecular flexibility index (Phi) is 4.81. The molecule has 0 spiro atoms. The van der Waals surface area contributed by atoms with Crippen LogP contribution in [0.3, 0.4) is 0 Å². The molecule has 110 valence electrons. The van der Waals surface area contributed by atoms with Crippen molar-refractivity contribution in [3.05, 3.63) is 58.6 Å². The summed E-state index contributed by atoms with van der Waals surface area (Å²) in [4.78, 5) is 2.46. The van der Waals surface area contributed by atoms with Gasteiger partial charge in [-0.05, 0) is 49.1 Å². The zero-order chi connectivity index (χ0) is 14.5. The maximum absolute atomic E-state index is 5.87. The number of ether oxygens (including phenoxy) is 1. The van der Waals surface area contributed by atoms with Crippen LogP contribution >= 0.6 is 15.9 Å². The highest BCUT2D eigenvalue weighted by Gasteiger charge is 2.14. The summed E-state index contributed by atoms with van der Waals surface area (Å²) in [6, 6.07) is 16.8. The van der Waals surface area contributed by atoms with Gasteiger partial charge < -0.3 is 9.64 Å². The van der Waals surface area contributed by atoms with Crippen molar-refractivity contribution in [2.24, 2.45) is 0 Å². The van der Waals surface area contributed by atoms with Crippen molar-refractivity contribution in [1.29, 1.82) is 0 Å². The van der Waals surface area contributed by atoms with Gasteiger partial charge in [-0.15, -0.1) is 0 Å². The van der Waals surface area contributed by atoms with E-state index in [0.29, 0.717) is 6.61 Å². The smallest absolute Gasteiger partial charge is 0.120 e. The SMILES string of the molecule is Brc1cccc(OCCN2CCCCc3ccccc32)c1. The highest BCUT2D eigenvalue weighted by atomic mass is 79.9. The van der Waals surface area contributed by atoms with Crippen LogP contribution in [0.1, 0.15) is 18.4 Å². The molecule has 1 aliphatic heterocycles. The average Bonchev–Trinajstić information content (AvgIpc) is 2.70. The van der Waals surface area contributed by atoms with Crippen molar-refractivity contribution in [2.45, 2.75) is 19.3 Å². The zero-order valence-corrected chi connectivity index (χ0v) is 13.7. The second-order valence-corrected chi connectivity index (χ2v) is 6.29. The molecule has 3 rings (SSSR count). The number of rotatable bonds is 4. The standard InChI is InChI=1S/C18H20BrNO/c19-16-8-5-9-17(14-16)21-13-12-20-11-4-3-7-15-6-1-2-10-18(15)20/h1-2,5-6,8-10,14H,3-4,7,11-13H2. The molecule has 0 saturated carbocycles.